The summed E-state index contributed by atoms with van der Waals surface area (Å²) in [7, 11) is -4.09. The van der Waals surface area contributed by atoms with Crippen molar-refractivity contribution in [1.29, 1.82) is 0 Å². The monoisotopic (exact) mass is 529 g/mol. The lowest BCUT2D eigenvalue weighted by molar-refractivity contribution is -0.139. The average molecular weight is 530 g/mol. The number of amides is 1. The van der Waals surface area contributed by atoms with Crippen molar-refractivity contribution < 1.29 is 23.1 Å². The van der Waals surface area contributed by atoms with Crippen molar-refractivity contribution in [2.24, 2.45) is 5.92 Å². The molecule has 11 heteroatoms. The SMILES string of the molecule is Cc1cc(C)c(S(=O)(=O)NC(CNC(=O)C2CN(CCc3ccc4c(n3)NCCC4)C2)C(=O)O)c(C)c1. The lowest BCUT2D eigenvalue weighted by atomic mass is 9.98. The summed E-state index contributed by atoms with van der Waals surface area (Å²) in [5.74, 6) is -0.916. The van der Waals surface area contributed by atoms with Gasteiger partial charge < -0.3 is 20.6 Å². The van der Waals surface area contributed by atoms with Crippen LogP contribution in [0.25, 0.3) is 0 Å². The molecule has 1 aromatic heterocycles. The number of benzene rings is 1. The highest BCUT2D eigenvalue weighted by Crippen LogP contribution is 2.23. The molecule has 0 bridgehead atoms. The Hall–Kier alpha value is -3.02. The Bertz CT molecular complexity index is 1270. The fourth-order valence-electron chi connectivity index (χ4n) is 5.06. The summed E-state index contributed by atoms with van der Waals surface area (Å²) in [6, 6.07) is 6.18. The van der Waals surface area contributed by atoms with Gasteiger partial charge in [-0.3, -0.25) is 9.59 Å². The van der Waals surface area contributed by atoms with E-state index in [2.05, 4.69) is 32.4 Å². The van der Waals surface area contributed by atoms with Gasteiger partial charge in [0.25, 0.3) is 0 Å². The van der Waals surface area contributed by atoms with Crippen molar-refractivity contribution >= 4 is 27.7 Å². The number of aromatic nitrogens is 1. The van der Waals surface area contributed by atoms with Gasteiger partial charge in [0.1, 0.15) is 11.9 Å². The predicted octanol–water partition coefficient (Wildman–Crippen LogP) is 1.39. The fraction of sp³-hybridized carbons (Fsp3) is 0.500. The molecule has 1 amide bonds. The van der Waals surface area contributed by atoms with Crippen LogP contribution in [0, 0.1) is 26.7 Å². The van der Waals surface area contributed by atoms with E-state index in [9.17, 15) is 23.1 Å². The Labute approximate surface area is 217 Å². The minimum atomic E-state index is -4.09. The lowest BCUT2D eigenvalue weighted by Gasteiger charge is -2.38. The van der Waals surface area contributed by atoms with Crippen LogP contribution in [-0.2, 0) is 32.5 Å². The summed E-state index contributed by atoms with van der Waals surface area (Å²) < 4.78 is 28.2. The van der Waals surface area contributed by atoms with Gasteiger partial charge in [0.15, 0.2) is 0 Å². The van der Waals surface area contributed by atoms with Crippen LogP contribution in [0.15, 0.2) is 29.2 Å². The van der Waals surface area contributed by atoms with Gasteiger partial charge >= 0.3 is 5.97 Å². The topological polar surface area (TPSA) is 141 Å². The van der Waals surface area contributed by atoms with E-state index in [1.807, 2.05) is 6.92 Å². The summed E-state index contributed by atoms with van der Waals surface area (Å²) in [6.07, 6.45) is 2.95. The highest BCUT2D eigenvalue weighted by Gasteiger charge is 2.34. The van der Waals surface area contributed by atoms with E-state index in [1.54, 1.807) is 26.0 Å². The van der Waals surface area contributed by atoms with Crippen molar-refractivity contribution in [3.8, 4) is 0 Å². The van der Waals surface area contributed by atoms with E-state index in [0.29, 0.717) is 24.2 Å². The maximum absolute atomic E-state index is 13.0. The van der Waals surface area contributed by atoms with Gasteiger partial charge in [-0.15, -0.1) is 0 Å². The normalized spacial score (nSPS) is 16.8. The highest BCUT2D eigenvalue weighted by molar-refractivity contribution is 7.89. The molecule has 0 aliphatic carbocycles. The molecule has 2 aliphatic heterocycles. The molecule has 0 radical (unpaired) electrons. The summed E-state index contributed by atoms with van der Waals surface area (Å²) in [6.45, 7) is 7.74. The largest absolute Gasteiger partial charge is 0.480 e. The molecular weight excluding hydrogens is 494 g/mol. The molecule has 0 saturated carbocycles. The maximum Gasteiger partial charge on any atom is 0.323 e. The Morgan fingerprint density at radius 1 is 1.19 bits per heavy atom. The molecule has 4 rings (SSSR count). The molecular formula is C26H35N5O5S. The number of fused-ring (bicyclic) bond motifs is 1. The molecule has 10 nitrogen and oxygen atoms in total. The molecule has 1 fully saturated rings. The van der Waals surface area contributed by atoms with Crippen molar-refractivity contribution in [2.45, 2.75) is 51.0 Å². The van der Waals surface area contributed by atoms with E-state index in [0.717, 1.165) is 49.4 Å². The number of aliphatic carboxylic acids is 1. The quantitative estimate of drug-likeness (QED) is 0.362. The van der Waals surface area contributed by atoms with Crippen LogP contribution in [0.2, 0.25) is 0 Å². The lowest BCUT2D eigenvalue weighted by Crippen LogP contribution is -2.56. The van der Waals surface area contributed by atoms with Crippen LogP contribution in [0.4, 0.5) is 5.82 Å². The molecule has 0 spiro atoms. The standard InChI is InChI=1S/C26H35N5O5S/c1-16-11-17(2)23(18(3)12-16)37(35,36)30-22(26(33)34)13-28-25(32)20-14-31(15-20)10-8-21-7-6-19-5-4-9-27-24(19)29-21/h6-7,11-12,20,22,30H,4-5,8-10,13-15H2,1-3H3,(H,27,29)(H,28,32)(H,33,34). The minimum absolute atomic E-state index is 0.0644. The van der Waals surface area contributed by atoms with E-state index < -0.39 is 22.0 Å². The van der Waals surface area contributed by atoms with Gasteiger partial charge in [0.05, 0.1) is 10.8 Å². The second kappa shape index (κ2) is 11.2. The smallest absolute Gasteiger partial charge is 0.323 e. The Kier molecular flexibility index (Phi) is 8.15. The number of carboxylic acid groups (broad SMARTS) is 1. The number of nitrogens with one attached hydrogen (secondary N) is 3. The zero-order valence-electron chi connectivity index (χ0n) is 21.5. The molecule has 1 unspecified atom stereocenters. The first kappa shape index (κ1) is 27.0. The highest BCUT2D eigenvalue weighted by atomic mass is 32.2. The second-order valence-electron chi connectivity index (χ2n) is 10.0. The molecule has 37 heavy (non-hydrogen) atoms. The number of hydrogen-bond donors (Lipinski definition) is 4. The summed E-state index contributed by atoms with van der Waals surface area (Å²) >= 11 is 0. The molecule has 4 N–H and O–H groups in total. The summed E-state index contributed by atoms with van der Waals surface area (Å²) in [5, 5.41) is 15.5. The van der Waals surface area contributed by atoms with Gasteiger partial charge in [0, 0.05) is 44.8 Å². The molecule has 1 atom stereocenters. The van der Waals surface area contributed by atoms with E-state index in [4.69, 9.17) is 4.98 Å². The van der Waals surface area contributed by atoms with Crippen LogP contribution in [0.3, 0.4) is 0 Å². The maximum atomic E-state index is 13.0. The number of hydrogen-bond acceptors (Lipinski definition) is 7. The van der Waals surface area contributed by atoms with Gasteiger partial charge in [-0.25, -0.2) is 13.4 Å². The van der Waals surface area contributed by atoms with Crippen LogP contribution >= 0.6 is 0 Å². The van der Waals surface area contributed by atoms with Crippen molar-refractivity contribution in [1.82, 2.24) is 19.9 Å². The van der Waals surface area contributed by atoms with Crippen molar-refractivity contribution in [2.75, 3.05) is 38.0 Å². The number of carbonyl (C=O) groups excluding carboxylic acids is 1. The van der Waals surface area contributed by atoms with Crippen molar-refractivity contribution in [3.05, 3.63) is 52.2 Å². The van der Waals surface area contributed by atoms with Crippen LogP contribution in [-0.4, -0.2) is 74.1 Å². The summed E-state index contributed by atoms with van der Waals surface area (Å²) in [4.78, 5) is 31.3. The van der Waals surface area contributed by atoms with Gasteiger partial charge in [-0.2, -0.15) is 4.72 Å². The van der Waals surface area contributed by atoms with E-state index in [1.165, 1.54) is 5.56 Å². The predicted molar refractivity (Wildman–Crippen MR) is 140 cm³/mol. The number of aryl methyl sites for hydroxylation is 4. The number of pyridine rings is 1. The number of rotatable bonds is 10. The number of sulfonamides is 1. The van der Waals surface area contributed by atoms with Crippen molar-refractivity contribution in [3.63, 3.8) is 0 Å². The van der Waals surface area contributed by atoms with Crippen LogP contribution in [0.5, 0.6) is 0 Å². The first-order valence-corrected chi connectivity index (χ1v) is 14.1. The Morgan fingerprint density at radius 2 is 1.89 bits per heavy atom. The van der Waals surface area contributed by atoms with E-state index >= 15 is 0 Å². The van der Waals surface area contributed by atoms with Crippen LogP contribution < -0.4 is 15.4 Å². The first-order valence-electron chi connectivity index (χ1n) is 12.6. The Balaban J connectivity index is 1.25. The zero-order chi connectivity index (χ0) is 26.7. The third kappa shape index (κ3) is 6.46. The molecule has 3 heterocycles. The average Bonchev–Trinajstić information content (AvgIpc) is 2.79. The molecule has 2 aromatic rings. The second-order valence-corrected chi connectivity index (χ2v) is 11.7. The molecule has 1 aromatic carbocycles. The third-order valence-electron chi connectivity index (χ3n) is 6.91. The summed E-state index contributed by atoms with van der Waals surface area (Å²) in [5.41, 5.74) is 4.25. The molecule has 200 valence electrons. The molecule has 2 aliphatic rings. The fourth-order valence-corrected chi connectivity index (χ4v) is 6.70. The number of likely N-dealkylation sites (tertiary alicyclic amines) is 1. The third-order valence-corrected chi connectivity index (χ3v) is 8.69. The Morgan fingerprint density at radius 3 is 2.57 bits per heavy atom. The minimum Gasteiger partial charge on any atom is -0.480 e. The number of anilines is 1. The number of carboxylic acids is 1. The number of carbonyl (C=O) groups is 2. The van der Waals surface area contributed by atoms with Gasteiger partial charge in [-0.05, 0) is 56.4 Å². The van der Waals surface area contributed by atoms with Crippen LogP contribution in [0.1, 0.15) is 34.4 Å². The first-order chi connectivity index (χ1) is 17.5. The van der Waals surface area contributed by atoms with Gasteiger partial charge in [0.2, 0.25) is 15.9 Å². The van der Waals surface area contributed by atoms with E-state index in [-0.39, 0.29) is 23.3 Å². The zero-order valence-corrected chi connectivity index (χ0v) is 22.3. The number of nitrogens with zero attached hydrogens (tertiary/aromatic N) is 2. The van der Waals surface area contributed by atoms with Gasteiger partial charge in [-0.1, -0.05) is 23.8 Å². The molecule has 1 saturated heterocycles.